The lowest BCUT2D eigenvalue weighted by Crippen LogP contribution is -2.32. The van der Waals surface area contributed by atoms with E-state index < -0.39 is 0 Å². The van der Waals surface area contributed by atoms with Gasteiger partial charge < -0.3 is 23.4 Å². The fourth-order valence-electron chi connectivity index (χ4n) is 4.32. The molecular weight excluding hydrogens is 446 g/mol. The largest absolute Gasteiger partial charge is 0.496 e. The van der Waals surface area contributed by atoms with Crippen molar-refractivity contribution in [3.05, 3.63) is 87.8 Å². The van der Waals surface area contributed by atoms with Crippen molar-refractivity contribution in [1.29, 1.82) is 0 Å². The molecule has 5 rings (SSSR count). The number of benzene rings is 3. The zero-order valence-electron chi connectivity index (χ0n) is 20.0. The topological polar surface area (TPSA) is 70.4 Å². The molecule has 0 aliphatic carbocycles. The molecular formula is C28H27NO6. The Kier molecular flexibility index (Phi) is 6.33. The third kappa shape index (κ3) is 4.42. The Morgan fingerprint density at radius 2 is 1.71 bits per heavy atom. The van der Waals surface area contributed by atoms with Gasteiger partial charge in [-0.15, -0.1) is 0 Å². The standard InChI is InChI=1S/C28H27NO6/c1-4-32-24-11-7-8-12-25(24)35-27-18(2)34-28-20(26(27)30)13-14-23-21(28)16-29(17-33-23)15-19-9-5-6-10-22(19)31-3/h5-14H,4,15-17H2,1-3H3. The molecule has 0 spiro atoms. The highest BCUT2D eigenvalue weighted by molar-refractivity contribution is 5.83. The molecule has 0 bridgehead atoms. The average Bonchev–Trinajstić information content (AvgIpc) is 2.88. The Morgan fingerprint density at radius 3 is 2.49 bits per heavy atom. The first-order valence-electron chi connectivity index (χ1n) is 11.5. The third-order valence-electron chi connectivity index (χ3n) is 5.98. The summed E-state index contributed by atoms with van der Waals surface area (Å²) in [5, 5.41) is 0.445. The van der Waals surface area contributed by atoms with Crippen LogP contribution in [0.3, 0.4) is 0 Å². The quantitative estimate of drug-likeness (QED) is 0.343. The number of hydrogen-bond donors (Lipinski definition) is 0. The van der Waals surface area contributed by atoms with Gasteiger partial charge in [0.25, 0.3) is 0 Å². The van der Waals surface area contributed by atoms with E-state index in [1.807, 2.05) is 49.4 Å². The van der Waals surface area contributed by atoms with Gasteiger partial charge in [0.2, 0.25) is 11.2 Å². The maximum Gasteiger partial charge on any atom is 0.235 e. The van der Waals surface area contributed by atoms with E-state index in [1.165, 1.54) is 0 Å². The normalized spacial score (nSPS) is 13.2. The summed E-state index contributed by atoms with van der Waals surface area (Å²) in [7, 11) is 1.66. The Morgan fingerprint density at radius 1 is 0.971 bits per heavy atom. The first-order chi connectivity index (χ1) is 17.1. The van der Waals surface area contributed by atoms with Crippen molar-refractivity contribution in [3.63, 3.8) is 0 Å². The van der Waals surface area contributed by atoms with E-state index in [2.05, 4.69) is 4.90 Å². The van der Waals surface area contributed by atoms with Crippen molar-refractivity contribution in [2.24, 2.45) is 0 Å². The average molecular weight is 474 g/mol. The van der Waals surface area contributed by atoms with Gasteiger partial charge in [-0.25, -0.2) is 0 Å². The summed E-state index contributed by atoms with van der Waals surface area (Å²) in [6.45, 7) is 5.75. The molecule has 0 atom stereocenters. The van der Waals surface area contributed by atoms with Gasteiger partial charge in [-0.05, 0) is 44.2 Å². The number of methoxy groups -OCH3 is 1. The summed E-state index contributed by atoms with van der Waals surface area (Å²) in [4.78, 5) is 15.6. The Labute approximate surface area is 203 Å². The minimum Gasteiger partial charge on any atom is -0.496 e. The van der Waals surface area contributed by atoms with Crippen LogP contribution in [0.15, 0.2) is 69.9 Å². The van der Waals surface area contributed by atoms with Crippen LogP contribution in [-0.2, 0) is 13.1 Å². The second kappa shape index (κ2) is 9.72. The number of ether oxygens (including phenoxy) is 4. The summed E-state index contributed by atoms with van der Waals surface area (Å²) < 4.78 is 29.4. The van der Waals surface area contributed by atoms with Gasteiger partial charge >= 0.3 is 0 Å². The van der Waals surface area contributed by atoms with E-state index in [4.69, 9.17) is 23.4 Å². The van der Waals surface area contributed by atoms with Crippen LogP contribution in [0.2, 0.25) is 0 Å². The highest BCUT2D eigenvalue weighted by Gasteiger charge is 2.25. The van der Waals surface area contributed by atoms with E-state index >= 15 is 0 Å². The number of hydrogen-bond acceptors (Lipinski definition) is 7. The molecule has 0 amide bonds. The van der Waals surface area contributed by atoms with Gasteiger partial charge in [-0.1, -0.05) is 30.3 Å². The molecule has 0 unspecified atom stereocenters. The smallest absolute Gasteiger partial charge is 0.235 e. The lowest BCUT2D eigenvalue weighted by molar-refractivity contribution is 0.0882. The molecule has 3 aromatic carbocycles. The third-order valence-corrected chi connectivity index (χ3v) is 5.98. The highest BCUT2D eigenvalue weighted by Crippen LogP contribution is 2.36. The van der Waals surface area contributed by atoms with Gasteiger partial charge in [-0.2, -0.15) is 0 Å². The van der Waals surface area contributed by atoms with Crippen molar-refractivity contribution >= 4 is 11.0 Å². The summed E-state index contributed by atoms with van der Waals surface area (Å²) in [5.41, 5.74) is 2.17. The van der Waals surface area contributed by atoms with Gasteiger partial charge in [0, 0.05) is 18.7 Å². The van der Waals surface area contributed by atoms with Crippen LogP contribution in [0.4, 0.5) is 0 Å². The van der Waals surface area contributed by atoms with Gasteiger partial charge in [0.05, 0.1) is 24.7 Å². The molecule has 0 saturated heterocycles. The number of fused-ring (bicyclic) bond motifs is 3. The zero-order chi connectivity index (χ0) is 24.4. The second-order valence-corrected chi connectivity index (χ2v) is 8.29. The van der Waals surface area contributed by atoms with Crippen molar-refractivity contribution in [2.45, 2.75) is 26.9 Å². The summed E-state index contributed by atoms with van der Waals surface area (Å²) in [6.07, 6.45) is 0. The molecule has 180 valence electrons. The van der Waals surface area contributed by atoms with Crippen molar-refractivity contribution in [3.8, 4) is 28.7 Å². The monoisotopic (exact) mass is 473 g/mol. The molecule has 1 aliphatic rings. The van der Waals surface area contributed by atoms with Crippen molar-refractivity contribution in [2.75, 3.05) is 20.4 Å². The number of nitrogens with zero attached hydrogens (tertiary/aromatic N) is 1. The first-order valence-corrected chi connectivity index (χ1v) is 11.5. The van der Waals surface area contributed by atoms with Crippen LogP contribution < -0.4 is 24.4 Å². The van der Waals surface area contributed by atoms with Gasteiger partial charge in [0.15, 0.2) is 11.5 Å². The van der Waals surface area contributed by atoms with Crippen molar-refractivity contribution < 1.29 is 23.4 Å². The minimum absolute atomic E-state index is 0.146. The maximum atomic E-state index is 13.5. The van der Waals surface area contributed by atoms with E-state index in [-0.39, 0.29) is 11.2 Å². The summed E-state index contributed by atoms with van der Waals surface area (Å²) in [6, 6.07) is 18.7. The fourth-order valence-corrected chi connectivity index (χ4v) is 4.32. The van der Waals surface area contributed by atoms with E-state index in [1.54, 1.807) is 32.2 Å². The second-order valence-electron chi connectivity index (χ2n) is 8.29. The minimum atomic E-state index is -0.236. The maximum absolute atomic E-state index is 13.5. The van der Waals surface area contributed by atoms with Gasteiger partial charge in [0.1, 0.15) is 29.6 Å². The molecule has 1 aliphatic heterocycles. The molecule has 7 nitrogen and oxygen atoms in total. The van der Waals surface area contributed by atoms with E-state index in [0.717, 1.165) is 16.9 Å². The number of aryl methyl sites for hydroxylation is 1. The molecule has 1 aromatic heterocycles. The number of rotatable bonds is 7. The molecule has 35 heavy (non-hydrogen) atoms. The van der Waals surface area contributed by atoms with E-state index in [0.29, 0.717) is 60.4 Å². The van der Waals surface area contributed by atoms with Crippen LogP contribution in [0.25, 0.3) is 11.0 Å². The lowest BCUT2D eigenvalue weighted by atomic mass is 10.1. The fraction of sp³-hybridized carbons (Fsp3) is 0.250. The molecule has 4 aromatic rings. The van der Waals surface area contributed by atoms with Crippen molar-refractivity contribution in [1.82, 2.24) is 4.90 Å². The van der Waals surface area contributed by atoms with Crippen LogP contribution >= 0.6 is 0 Å². The van der Waals surface area contributed by atoms with E-state index in [9.17, 15) is 4.79 Å². The Balaban J connectivity index is 1.49. The molecule has 2 heterocycles. The molecule has 0 radical (unpaired) electrons. The number of para-hydroxylation sites is 3. The SMILES string of the molecule is CCOc1ccccc1Oc1c(C)oc2c3c(ccc2c1=O)OCN(Cc1ccccc1OC)C3. The Hall–Kier alpha value is -3.97. The van der Waals surface area contributed by atoms with Crippen LogP contribution in [0.1, 0.15) is 23.8 Å². The first kappa shape index (κ1) is 22.8. The lowest BCUT2D eigenvalue weighted by Gasteiger charge is -2.29. The van der Waals surface area contributed by atoms with Crippen LogP contribution in [0, 0.1) is 6.92 Å². The zero-order valence-corrected chi connectivity index (χ0v) is 20.0. The Bertz CT molecular complexity index is 1430. The molecule has 7 heteroatoms. The predicted octanol–water partition coefficient (Wildman–Crippen LogP) is 5.65. The molecule has 0 fully saturated rings. The van der Waals surface area contributed by atoms with Crippen LogP contribution in [-0.4, -0.2) is 25.3 Å². The van der Waals surface area contributed by atoms with Gasteiger partial charge in [-0.3, -0.25) is 9.69 Å². The molecule has 0 N–H and O–H groups in total. The van der Waals surface area contributed by atoms with Crippen LogP contribution in [0.5, 0.6) is 28.7 Å². The molecule has 0 saturated carbocycles. The summed E-state index contributed by atoms with van der Waals surface area (Å²) in [5.74, 6) is 3.11. The predicted molar refractivity (Wildman–Crippen MR) is 133 cm³/mol. The summed E-state index contributed by atoms with van der Waals surface area (Å²) >= 11 is 0. The highest BCUT2D eigenvalue weighted by atomic mass is 16.5.